The van der Waals surface area contributed by atoms with Gasteiger partial charge in [0.2, 0.25) is 0 Å². The van der Waals surface area contributed by atoms with Gasteiger partial charge in [-0.2, -0.15) is 0 Å². The summed E-state index contributed by atoms with van der Waals surface area (Å²) in [5.41, 5.74) is 0. The number of rotatable bonds is 8. The number of aromatic nitrogens is 5. The van der Waals surface area contributed by atoms with E-state index in [4.69, 9.17) is 16.3 Å². The van der Waals surface area contributed by atoms with E-state index in [1.165, 1.54) is 25.9 Å². The van der Waals surface area contributed by atoms with Crippen molar-refractivity contribution in [1.82, 2.24) is 24.7 Å². The predicted molar refractivity (Wildman–Crippen MR) is 106 cm³/mol. The molecule has 1 aliphatic carbocycles. The molecule has 1 fully saturated rings. The lowest BCUT2D eigenvalue weighted by molar-refractivity contribution is 0.0948. The van der Waals surface area contributed by atoms with Crippen LogP contribution < -0.4 is 0 Å². The Morgan fingerprint density at radius 2 is 1.86 bits per heavy atom. The minimum Gasteiger partial charge on any atom is -0.372 e. The lowest BCUT2D eigenvalue weighted by atomic mass is 9.84. The Kier molecular flexibility index (Phi) is 6.36. The first kappa shape index (κ1) is 21.1. The second kappa shape index (κ2) is 8.42. The summed E-state index contributed by atoms with van der Waals surface area (Å²) in [6, 6.07) is 0.0870. The van der Waals surface area contributed by atoms with Crippen molar-refractivity contribution in [3.05, 3.63) is 34.9 Å². The minimum atomic E-state index is -3.60. The van der Waals surface area contributed by atoms with Gasteiger partial charge in [-0.15, -0.1) is 10.2 Å². The van der Waals surface area contributed by atoms with Crippen LogP contribution in [0.3, 0.4) is 0 Å². The van der Waals surface area contributed by atoms with Crippen LogP contribution in [-0.2, 0) is 20.3 Å². The van der Waals surface area contributed by atoms with Crippen LogP contribution in [0.25, 0.3) is 0 Å². The first-order valence-corrected chi connectivity index (χ1v) is 11.5. The SMILES string of the molecule is CO[C@H](c1ncc(Cl)cn1)[C@H](C)S(=O)(=O)Cc1nnc(C2CCC2)n1C(C)C. The summed E-state index contributed by atoms with van der Waals surface area (Å²) in [4.78, 5) is 8.23. The van der Waals surface area contributed by atoms with Crippen LogP contribution in [0.4, 0.5) is 0 Å². The molecule has 1 saturated carbocycles. The zero-order chi connectivity index (χ0) is 20.5. The molecule has 2 aromatic heterocycles. The maximum Gasteiger partial charge on any atom is 0.163 e. The maximum absolute atomic E-state index is 13.1. The van der Waals surface area contributed by atoms with Gasteiger partial charge in [0.1, 0.15) is 23.5 Å². The second-order valence-corrected chi connectivity index (χ2v) is 10.3. The molecule has 0 spiro atoms. The molecule has 8 nitrogen and oxygen atoms in total. The normalized spacial score (nSPS) is 17.5. The standard InChI is InChI=1S/C18H26ClN5O3S/c1-11(2)24-15(22-23-18(24)13-6-5-7-13)10-28(25,26)12(3)16(27-4)17-20-8-14(19)9-21-17/h8-9,11-13,16H,5-7,10H2,1-4H3/t12-,16-/m0/s1. The first-order valence-electron chi connectivity index (χ1n) is 9.40. The molecule has 28 heavy (non-hydrogen) atoms. The summed E-state index contributed by atoms with van der Waals surface area (Å²) >= 11 is 5.83. The molecule has 2 atom stereocenters. The van der Waals surface area contributed by atoms with Crippen LogP contribution in [0, 0.1) is 0 Å². The highest BCUT2D eigenvalue weighted by molar-refractivity contribution is 7.91. The summed E-state index contributed by atoms with van der Waals surface area (Å²) in [5, 5.41) is 8.05. The fourth-order valence-electron chi connectivity index (χ4n) is 3.42. The van der Waals surface area contributed by atoms with Gasteiger partial charge in [0.15, 0.2) is 15.7 Å². The van der Waals surface area contributed by atoms with E-state index in [2.05, 4.69) is 20.2 Å². The molecular weight excluding hydrogens is 402 g/mol. The molecule has 0 unspecified atom stereocenters. The number of hydrogen-bond acceptors (Lipinski definition) is 7. The van der Waals surface area contributed by atoms with Gasteiger partial charge in [0.25, 0.3) is 0 Å². The summed E-state index contributed by atoms with van der Waals surface area (Å²) in [6.07, 6.45) is 5.38. The van der Waals surface area contributed by atoms with Gasteiger partial charge in [-0.3, -0.25) is 0 Å². The molecule has 1 aliphatic rings. The van der Waals surface area contributed by atoms with Crippen molar-refractivity contribution < 1.29 is 13.2 Å². The second-order valence-electron chi connectivity index (χ2n) is 7.49. The van der Waals surface area contributed by atoms with Gasteiger partial charge in [-0.1, -0.05) is 18.0 Å². The number of hydrogen-bond donors (Lipinski definition) is 0. The van der Waals surface area contributed by atoms with E-state index >= 15 is 0 Å². The van der Waals surface area contributed by atoms with Crippen LogP contribution in [-0.4, -0.2) is 45.5 Å². The topological polar surface area (TPSA) is 99.9 Å². The molecule has 3 rings (SSSR count). The number of nitrogens with zero attached hydrogens (tertiary/aromatic N) is 5. The van der Waals surface area contributed by atoms with Crippen LogP contribution >= 0.6 is 11.6 Å². The van der Waals surface area contributed by atoms with Crippen molar-refractivity contribution in [2.75, 3.05) is 7.11 Å². The first-order chi connectivity index (χ1) is 13.2. The van der Waals surface area contributed by atoms with E-state index in [0.29, 0.717) is 16.8 Å². The van der Waals surface area contributed by atoms with E-state index < -0.39 is 21.2 Å². The number of ether oxygens (including phenoxy) is 1. The summed E-state index contributed by atoms with van der Waals surface area (Å²) in [6.45, 7) is 5.64. The van der Waals surface area contributed by atoms with Gasteiger partial charge in [-0.25, -0.2) is 18.4 Å². The van der Waals surface area contributed by atoms with Crippen molar-refractivity contribution in [2.45, 2.75) is 69.1 Å². The largest absolute Gasteiger partial charge is 0.372 e. The smallest absolute Gasteiger partial charge is 0.163 e. The molecule has 0 N–H and O–H groups in total. The lowest BCUT2D eigenvalue weighted by Crippen LogP contribution is -2.30. The Balaban J connectivity index is 1.86. The third kappa shape index (κ3) is 4.21. The summed E-state index contributed by atoms with van der Waals surface area (Å²) < 4.78 is 33.7. The monoisotopic (exact) mass is 427 g/mol. The maximum atomic E-state index is 13.1. The van der Waals surface area contributed by atoms with Crippen LogP contribution in [0.2, 0.25) is 5.02 Å². The number of methoxy groups -OCH3 is 1. The number of halogens is 1. The number of sulfone groups is 1. The Hall–Kier alpha value is -1.58. The average Bonchev–Trinajstić information content (AvgIpc) is 2.98. The fourth-order valence-corrected chi connectivity index (χ4v) is 4.95. The van der Waals surface area contributed by atoms with E-state index in [9.17, 15) is 8.42 Å². The molecule has 2 heterocycles. The molecule has 2 aromatic rings. The van der Waals surface area contributed by atoms with Crippen molar-refractivity contribution in [3.63, 3.8) is 0 Å². The quantitative estimate of drug-likeness (QED) is 0.637. The highest BCUT2D eigenvalue weighted by atomic mass is 35.5. The minimum absolute atomic E-state index is 0.0870. The molecule has 0 saturated heterocycles. The third-order valence-electron chi connectivity index (χ3n) is 5.25. The Bertz CT molecular complexity index is 910. The van der Waals surface area contributed by atoms with Gasteiger partial charge < -0.3 is 9.30 Å². The Morgan fingerprint density at radius 3 is 2.36 bits per heavy atom. The van der Waals surface area contributed by atoms with Gasteiger partial charge in [0, 0.05) is 31.5 Å². The summed E-state index contributed by atoms with van der Waals surface area (Å²) in [5.74, 6) is 1.81. The molecule has 10 heteroatoms. The van der Waals surface area contributed by atoms with Crippen molar-refractivity contribution >= 4 is 21.4 Å². The zero-order valence-electron chi connectivity index (χ0n) is 16.5. The van der Waals surface area contributed by atoms with Crippen LogP contribution in [0.15, 0.2) is 12.4 Å². The van der Waals surface area contributed by atoms with Crippen LogP contribution in [0.5, 0.6) is 0 Å². The highest BCUT2D eigenvalue weighted by Gasteiger charge is 2.35. The van der Waals surface area contributed by atoms with Crippen molar-refractivity contribution in [2.24, 2.45) is 0 Å². The molecule has 0 aliphatic heterocycles. The highest BCUT2D eigenvalue weighted by Crippen LogP contribution is 2.37. The Morgan fingerprint density at radius 1 is 1.21 bits per heavy atom. The molecule has 0 bridgehead atoms. The third-order valence-corrected chi connectivity index (χ3v) is 7.49. The van der Waals surface area contributed by atoms with Crippen molar-refractivity contribution in [3.8, 4) is 0 Å². The van der Waals surface area contributed by atoms with E-state index in [1.54, 1.807) is 6.92 Å². The molecule has 154 valence electrons. The molecule has 0 aromatic carbocycles. The van der Waals surface area contributed by atoms with Gasteiger partial charge in [-0.05, 0) is 33.6 Å². The average molecular weight is 428 g/mol. The molecule has 0 radical (unpaired) electrons. The zero-order valence-corrected chi connectivity index (χ0v) is 18.1. The van der Waals surface area contributed by atoms with E-state index in [-0.39, 0.29) is 17.6 Å². The van der Waals surface area contributed by atoms with Crippen molar-refractivity contribution in [1.29, 1.82) is 0 Å². The van der Waals surface area contributed by atoms with Gasteiger partial charge in [0.05, 0.1) is 10.3 Å². The predicted octanol–water partition coefficient (Wildman–Crippen LogP) is 3.26. The molecule has 0 amide bonds. The van der Waals surface area contributed by atoms with E-state index in [0.717, 1.165) is 18.7 Å². The van der Waals surface area contributed by atoms with E-state index in [1.807, 2.05) is 18.4 Å². The Labute approximate surface area is 170 Å². The van der Waals surface area contributed by atoms with Gasteiger partial charge >= 0.3 is 0 Å². The summed E-state index contributed by atoms with van der Waals surface area (Å²) in [7, 11) is -2.16. The molecular formula is C18H26ClN5O3S. The van der Waals surface area contributed by atoms with Crippen LogP contribution in [0.1, 0.15) is 75.6 Å². The lowest BCUT2D eigenvalue weighted by Gasteiger charge is -2.27. The fraction of sp³-hybridized carbons (Fsp3) is 0.667.